The van der Waals surface area contributed by atoms with Crippen LogP contribution in [-0.4, -0.2) is 11.1 Å². The number of nitrogen functional groups attached to an aromatic ring is 1. The van der Waals surface area contributed by atoms with Crippen LogP contribution in [0.25, 0.3) is 0 Å². The molecular formula is C14H12FNO3. The second kappa shape index (κ2) is 4.97. The molecule has 2 rings (SSSR count). The fourth-order valence-electron chi connectivity index (χ4n) is 1.57. The highest BCUT2D eigenvalue weighted by Crippen LogP contribution is 2.28. The largest absolute Gasteiger partial charge is 0.478 e. The summed E-state index contributed by atoms with van der Waals surface area (Å²) >= 11 is 0. The van der Waals surface area contributed by atoms with E-state index in [-0.39, 0.29) is 17.1 Å². The molecule has 0 saturated carbocycles. The van der Waals surface area contributed by atoms with Crippen molar-refractivity contribution in [2.24, 2.45) is 0 Å². The Morgan fingerprint density at radius 2 is 2.00 bits per heavy atom. The standard InChI is InChI=1S/C14H12FNO3/c1-8-2-4-10(7-12(8)15)19-13-5-3-9(16)6-11(13)14(17)18/h2-7H,16H2,1H3,(H,17,18). The van der Waals surface area contributed by atoms with Crippen LogP contribution >= 0.6 is 0 Å². The topological polar surface area (TPSA) is 72.5 Å². The van der Waals surface area contributed by atoms with E-state index in [4.69, 9.17) is 15.6 Å². The van der Waals surface area contributed by atoms with Gasteiger partial charge in [0.15, 0.2) is 0 Å². The maximum absolute atomic E-state index is 13.4. The summed E-state index contributed by atoms with van der Waals surface area (Å²) in [6, 6.07) is 8.59. The Morgan fingerprint density at radius 3 is 2.63 bits per heavy atom. The highest BCUT2D eigenvalue weighted by atomic mass is 19.1. The summed E-state index contributed by atoms with van der Waals surface area (Å²) in [4.78, 5) is 11.1. The van der Waals surface area contributed by atoms with Crippen molar-refractivity contribution >= 4 is 11.7 Å². The Labute approximate surface area is 109 Å². The van der Waals surface area contributed by atoms with Gasteiger partial charge in [0.1, 0.15) is 22.9 Å². The predicted molar refractivity (Wildman–Crippen MR) is 69.0 cm³/mol. The van der Waals surface area contributed by atoms with Gasteiger partial charge in [-0.15, -0.1) is 0 Å². The van der Waals surface area contributed by atoms with Gasteiger partial charge in [-0.3, -0.25) is 0 Å². The summed E-state index contributed by atoms with van der Waals surface area (Å²) in [5, 5.41) is 9.06. The maximum Gasteiger partial charge on any atom is 0.339 e. The number of rotatable bonds is 3. The van der Waals surface area contributed by atoms with Crippen molar-refractivity contribution in [2.75, 3.05) is 5.73 Å². The van der Waals surface area contributed by atoms with Gasteiger partial charge in [0.25, 0.3) is 0 Å². The molecule has 0 spiro atoms. The highest BCUT2D eigenvalue weighted by molar-refractivity contribution is 5.92. The minimum absolute atomic E-state index is 0.0685. The molecule has 0 bridgehead atoms. The van der Waals surface area contributed by atoms with E-state index in [0.717, 1.165) is 0 Å². The minimum Gasteiger partial charge on any atom is -0.478 e. The number of nitrogens with two attached hydrogens (primary N) is 1. The molecule has 0 aliphatic carbocycles. The lowest BCUT2D eigenvalue weighted by molar-refractivity contribution is 0.0694. The van der Waals surface area contributed by atoms with Crippen LogP contribution in [0, 0.1) is 12.7 Å². The van der Waals surface area contributed by atoms with Crippen molar-refractivity contribution in [3.63, 3.8) is 0 Å². The van der Waals surface area contributed by atoms with Crippen LogP contribution < -0.4 is 10.5 Å². The SMILES string of the molecule is Cc1ccc(Oc2ccc(N)cc2C(=O)O)cc1F. The first-order valence-corrected chi connectivity index (χ1v) is 5.54. The molecule has 4 nitrogen and oxygen atoms in total. The zero-order chi connectivity index (χ0) is 14.0. The first-order chi connectivity index (χ1) is 8.97. The number of anilines is 1. The molecule has 19 heavy (non-hydrogen) atoms. The third kappa shape index (κ3) is 2.82. The molecular weight excluding hydrogens is 249 g/mol. The molecule has 0 saturated heterocycles. The lowest BCUT2D eigenvalue weighted by Gasteiger charge is -2.10. The number of aromatic carboxylic acids is 1. The maximum atomic E-state index is 13.4. The van der Waals surface area contributed by atoms with Crippen LogP contribution in [0.4, 0.5) is 10.1 Å². The molecule has 2 aromatic carbocycles. The molecule has 0 aliphatic rings. The molecule has 0 radical (unpaired) electrons. The van der Waals surface area contributed by atoms with Gasteiger partial charge in [-0.1, -0.05) is 6.07 Å². The van der Waals surface area contributed by atoms with Gasteiger partial charge in [0.2, 0.25) is 0 Å². The number of carbonyl (C=O) groups is 1. The van der Waals surface area contributed by atoms with Crippen LogP contribution in [0.15, 0.2) is 36.4 Å². The van der Waals surface area contributed by atoms with Crippen LogP contribution in [0.2, 0.25) is 0 Å². The van der Waals surface area contributed by atoms with Gasteiger partial charge in [-0.2, -0.15) is 0 Å². The number of hydrogen-bond donors (Lipinski definition) is 2. The fraction of sp³-hybridized carbons (Fsp3) is 0.0714. The smallest absolute Gasteiger partial charge is 0.339 e. The van der Waals surface area contributed by atoms with Crippen LogP contribution in [0.1, 0.15) is 15.9 Å². The van der Waals surface area contributed by atoms with Gasteiger partial charge in [0.05, 0.1) is 0 Å². The molecule has 98 valence electrons. The number of ether oxygens (including phenoxy) is 1. The first-order valence-electron chi connectivity index (χ1n) is 5.54. The van der Waals surface area contributed by atoms with Gasteiger partial charge in [0, 0.05) is 11.8 Å². The Morgan fingerprint density at radius 1 is 1.26 bits per heavy atom. The molecule has 0 fully saturated rings. The van der Waals surface area contributed by atoms with E-state index in [1.807, 2.05) is 0 Å². The van der Waals surface area contributed by atoms with E-state index in [9.17, 15) is 9.18 Å². The number of halogens is 1. The lowest BCUT2D eigenvalue weighted by Crippen LogP contribution is -2.01. The number of benzene rings is 2. The second-order valence-electron chi connectivity index (χ2n) is 4.07. The summed E-state index contributed by atoms with van der Waals surface area (Å²) < 4.78 is 18.8. The van der Waals surface area contributed by atoms with Gasteiger partial charge < -0.3 is 15.6 Å². The summed E-state index contributed by atoms with van der Waals surface area (Å²) in [6.45, 7) is 1.63. The third-order valence-corrected chi connectivity index (χ3v) is 2.61. The summed E-state index contributed by atoms with van der Waals surface area (Å²) in [5.74, 6) is -1.22. The number of aryl methyl sites for hydroxylation is 1. The van der Waals surface area contributed by atoms with E-state index in [1.165, 1.54) is 24.3 Å². The normalized spacial score (nSPS) is 10.2. The van der Waals surface area contributed by atoms with Crippen molar-refractivity contribution in [3.8, 4) is 11.5 Å². The van der Waals surface area contributed by atoms with Crippen molar-refractivity contribution in [1.29, 1.82) is 0 Å². The Bertz CT molecular complexity index is 641. The molecule has 0 atom stereocenters. The van der Waals surface area contributed by atoms with Crippen molar-refractivity contribution in [2.45, 2.75) is 6.92 Å². The molecule has 0 heterocycles. The van der Waals surface area contributed by atoms with Crippen LogP contribution in [-0.2, 0) is 0 Å². The molecule has 0 unspecified atom stereocenters. The first kappa shape index (κ1) is 12.9. The third-order valence-electron chi connectivity index (χ3n) is 2.61. The van der Waals surface area contributed by atoms with Crippen LogP contribution in [0.5, 0.6) is 11.5 Å². The minimum atomic E-state index is -1.16. The van der Waals surface area contributed by atoms with Crippen molar-refractivity contribution in [1.82, 2.24) is 0 Å². The zero-order valence-corrected chi connectivity index (χ0v) is 10.2. The summed E-state index contributed by atoms with van der Waals surface area (Å²) in [5.41, 5.74) is 6.26. The molecule has 5 heteroatoms. The van der Waals surface area contributed by atoms with E-state index >= 15 is 0 Å². The Balaban J connectivity index is 2.37. The summed E-state index contributed by atoms with van der Waals surface area (Å²) in [7, 11) is 0. The molecule has 2 aromatic rings. The Hall–Kier alpha value is -2.56. The molecule has 3 N–H and O–H groups in total. The van der Waals surface area contributed by atoms with E-state index in [2.05, 4.69) is 0 Å². The molecule has 0 amide bonds. The predicted octanol–water partition coefficient (Wildman–Crippen LogP) is 3.21. The van der Waals surface area contributed by atoms with Gasteiger partial charge >= 0.3 is 5.97 Å². The van der Waals surface area contributed by atoms with Crippen LogP contribution in [0.3, 0.4) is 0 Å². The zero-order valence-electron chi connectivity index (χ0n) is 10.2. The average molecular weight is 261 g/mol. The quantitative estimate of drug-likeness (QED) is 0.832. The number of carboxylic acid groups (broad SMARTS) is 1. The highest BCUT2D eigenvalue weighted by Gasteiger charge is 2.13. The average Bonchev–Trinajstić information content (AvgIpc) is 2.36. The number of carboxylic acids is 1. The molecule has 0 aliphatic heterocycles. The fourth-order valence-corrected chi connectivity index (χ4v) is 1.57. The number of hydrogen-bond acceptors (Lipinski definition) is 3. The van der Waals surface area contributed by atoms with Crippen molar-refractivity contribution < 1.29 is 19.0 Å². The van der Waals surface area contributed by atoms with Gasteiger partial charge in [-0.05, 0) is 36.8 Å². The van der Waals surface area contributed by atoms with E-state index in [0.29, 0.717) is 11.3 Å². The second-order valence-corrected chi connectivity index (χ2v) is 4.07. The van der Waals surface area contributed by atoms with E-state index in [1.54, 1.807) is 19.1 Å². The Kier molecular flexibility index (Phi) is 3.37. The summed E-state index contributed by atoms with van der Waals surface area (Å²) in [6.07, 6.45) is 0. The van der Waals surface area contributed by atoms with Crippen molar-refractivity contribution in [3.05, 3.63) is 53.3 Å². The van der Waals surface area contributed by atoms with E-state index < -0.39 is 11.8 Å². The monoisotopic (exact) mass is 261 g/mol. The van der Waals surface area contributed by atoms with Gasteiger partial charge in [-0.25, -0.2) is 9.18 Å². The lowest BCUT2D eigenvalue weighted by atomic mass is 10.1. The molecule has 0 aromatic heterocycles.